The van der Waals surface area contributed by atoms with Crippen LogP contribution in [-0.2, 0) is 11.3 Å². The summed E-state index contributed by atoms with van der Waals surface area (Å²) in [6.07, 6.45) is 0. The summed E-state index contributed by atoms with van der Waals surface area (Å²) in [7, 11) is 0. The van der Waals surface area contributed by atoms with Crippen molar-refractivity contribution in [3.8, 4) is 0 Å². The van der Waals surface area contributed by atoms with E-state index in [1.54, 1.807) is 37.6 Å². The van der Waals surface area contributed by atoms with Crippen LogP contribution in [0.3, 0.4) is 0 Å². The van der Waals surface area contributed by atoms with Gasteiger partial charge in [0.1, 0.15) is 6.04 Å². The number of aromatic nitrogens is 4. The van der Waals surface area contributed by atoms with E-state index in [1.807, 2.05) is 13.0 Å². The second-order valence-electron chi connectivity index (χ2n) is 6.95. The van der Waals surface area contributed by atoms with Gasteiger partial charge in [-0.3, -0.25) is 9.48 Å². The highest BCUT2D eigenvalue weighted by molar-refractivity contribution is 6.35. The molecule has 2 heterocycles. The number of nitrogens with zero attached hydrogens (tertiary/aromatic N) is 5. The number of anilines is 1. The molecule has 1 aromatic carbocycles. The third-order valence-corrected chi connectivity index (χ3v) is 5.39. The fourth-order valence-corrected chi connectivity index (χ4v) is 3.60. The minimum Gasteiger partial charge on any atom is -0.358 e. The van der Waals surface area contributed by atoms with Gasteiger partial charge in [-0.2, -0.15) is 9.78 Å². The van der Waals surface area contributed by atoms with Crippen LogP contribution in [0.2, 0.25) is 10.0 Å². The highest BCUT2D eigenvalue weighted by Gasteiger charge is 2.26. The highest BCUT2D eigenvalue weighted by Crippen LogP contribution is 2.26. The lowest BCUT2D eigenvalue weighted by Gasteiger charge is -2.12. The Kier molecular flexibility index (Phi) is 6.14. The van der Waals surface area contributed by atoms with Gasteiger partial charge in [0.25, 0.3) is 5.91 Å². The van der Waals surface area contributed by atoms with E-state index in [0.717, 1.165) is 11.3 Å². The van der Waals surface area contributed by atoms with Crippen molar-refractivity contribution in [3.05, 3.63) is 67.1 Å². The molecule has 0 aliphatic carbocycles. The van der Waals surface area contributed by atoms with E-state index >= 15 is 0 Å². The van der Waals surface area contributed by atoms with E-state index in [2.05, 4.69) is 15.5 Å². The molecule has 0 aliphatic heterocycles. The Balaban J connectivity index is 1.81. The van der Waals surface area contributed by atoms with E-state index < -0.39 is 11.0 Å². The molecule has 158 valence electrons. The number of rotatable bonds is 6. The smallest absolute Gasteiger partial charge is 0.358 e. The number of carbonyl (C=O) groups excluding carboxylic acids is 1. The maximum atomic E-state index is 12.8. The zero-order valence-corrected chi connectivity index (χ0v) is 18.3. The minimum atomic E-state index is -0.744. The van der Waals surface area contributed by atoms with Gasteiger partial charge in [0.15, 0.2) is 0 Å². The Hall–Kier alpha value is -2.91. The third-order valence-electron chi connectivity index (χ3n) is 4.81. The Morgan fingerprint density at radius 1 is 1.23 bits per heavy atom. The largest absolute Gasteiger partial charge is 0.390 e. The molecule has 1 atom stereocenters. The molecule has 0 bridgehead atoms. The van der Waals surface area contributed by atoms with Gasteiger partial charge in [-0.15, -0.1) is 0 Å². The first kappa shape index (κ1) is 21.8. The zero-order valence-electron chi connectivity index (χ0n) is 16.8. The van der Waals surface area contributed by atoms with Gasteiger partial charge in [-0.1, -0.05) is 29.3 Å². The van der Waals surface area contributed by atoms with Crippen molar-refractivity contribution >= 4 is 40.6 Å². The van der Waals surface area contributed by atoms with Crippen molar-refractivity contribution in [2.75, 3.05) is 5.32 Å². The normalized spacial score (nSPS) is 12.1. The van der Waals surface area contributed by atoms with Crippen LogP contribution >= 0.6 is 23.2 Å². The van der Waals surface area contributed by atoms with Crippen LogP contribution in [0.1, 0.15) is 35.6 Å². The van der Waals surface area contributed by atoms with E-state index in [9.17, 15) is 14.9 Å². The lowest BCUT2D eigenvalue weighted by atomic mass is 10.2. The number of carbonyl (C=O) groups is 1. The molecule has 30 heavy (non-hydrogen) atoms. The predicted molar refractivity (Wildman–Crippen MR) is 114 cm³/mol. The van der Waals surface area contributed by atoms with Crippen LogP contribution in [0.5, 0.6) is 0 Å². The molecule has 0 spiro atoms. The Bertz CT molecular complexity index is 1140. The maximum Gasteiger partial charge on any atom is 0.390 e. The molecule has 1 unspecified atom stereocenters. The number of nitrogens with one attached hydrogen (secondary N) is 1. The predicted octanol–water partition coefficient (Wildman–Crippen LogP) is 4.47. The van der Waals surface area contributed by atoms with Crippen molar-refractivity contribution in [3.63, 3.8) is 0 Å². The molecule has 0 radical (unpaired) electrons. The fourth-order valence-electron chi connectivity index (χ4n) is 3.13. The molecule has 3 aromatic rings. The first-order chi connectivity index (χ1) is 14.1. The molecule has 1 N–H and O–H groups in total. The van der Waals surface area contributed by atoms with Gasteiger partial charge in [0, 0.05) is 10.0 Å². The Labute approximate surface area is 182 Å². The first-order valence-electron chi connectivity index (χ1n) is 9.07. The van der Waals surface area contributed by atoms with Crippen molar-refractivity contribution in [2.45, 2.75) is 40.3 Å². The molecule has 11 heteroatoms. The lowest BCUT2D eigenvalue weighted by Crippen LogP contribution is -2.25. The third kappa shape index (κ3) is 4.31. The average molecular weight is 451 g/mol. The van der Waals surface area contributed by atoms with E-state index in [0.29, 0.717) is 33.7 Å². The van der Waals surface area contributed by atoms with Crippen molar-refractivity contribution in [1.29, 1.82) is 0 Å². The van der Waals surface area contributed by atoms with Crippen molar-refractivity contribution in [2.24, 2.45) is 0 Å². The van der Waals surface area contributed by atoms with Crippen LogP contribution in [0.4, 0.5) is 11.5 Å². The first-order valence-corrected chi connectivity index (χ1v) is 9.83. The molecule has 0 fully saturated rings. The number of hydrogen-bond acceptors (Lipinski definition) is 5. The number of amides is 1. The molecule has 3 rings (SSSR count). The quantitative estimate of drug-likeness (QED) is 0.440. The summed E-state index contributed by atoms with van der Waals surface area (Å²) in [4.78, 5) is 23.1. The molecule has 0 saturated carbocycles. The molecule has 9 nitrogen and oxygen atoms in total. The second-order valence-corrected chi connectivity index (χ2v) is 7.79. The maximum absolute atomic E-state index is 12.8. The standard InChI is InChI=1S/C19H20Cl2N6O3/c1-10-7-17(27(29)30)24-26(10)13(4)19(28)22-18-11(2)23-25(12(18)3)9-14-5-6-15(20)8-16(14)21/h5-8,13H,9H2,1-4H3,(H,22,28). The summed E-state index contributed by atoms with van der Waals surface area (Å²) in [5.74, 6) is -0.654. The Morgan fingerprint density at radius 2 is 1.93 bits per heavy atom. The molecule has 0 saturated heterocycles. The van der Waals surface area contributed by atoms with Gasteiger partial charge >= 0.3 is 5.82 Å². The summed E-state index contributed by atoms with van der Waals surface area (Å²) in [5.41, 5.74) is 3.34. The SMILES string of the molecule is Cc1nn(Cc2ccc(Cl)cc2Cl)c(C)c1NC(=O)C(C)n1nc([N+](=O)[O-])cc1C. The van der Waals surface area contributed by atoms with Gasteiger partial charge < -0.3 is 15.4 Å². The zero-order chi connectivity index (χ0) is 22.2. The fraction of sp³-hybridized carbons (Fsp3) is 0.316. The summed E-state index contributed by atoms with van der Waals surface area (Å²) in [6, 6.07) is 5.83. The topological polar surface area (TPSA) is 108 Å². The van der Waals surface area contributed by atoms with Crippen LogP contribution in [0, 0.1) is 30.9 Å². The van der Waals surface area contributed by atoms with Crippen molar-refractivity contribution in [1.82, 2.24) is 19.6 Å². The van der Waals surface area contributed by atoms with E-state index in [-0.39, 0.29) is 11.7 Å². The van der Waals surface area contributed by atoms with Crippen LogP contribution in [-0.4, -0.2) is 30.4 Å². The molecule has 0 aliphatic rings. The van der Waals surface area contributed by atoms with Gasteiger partial charge in [0.2, 0.25) is 0 Å². The second kappa shape index (κ2) is 8.45. The summed E-state index contributed by atoms with van der Waals surface area (Å²) >= 11 is 12.2. The van der Waals surface area contributed by atoms with Gasteiger partial charge in [0.05, 0.1) is 40.5 Å². The Morgan fingerprint density at radius 3 is 2.53 bits per heavy atom. The summed E-state index contributed by atoms with van der Waals surface area (Å²) in [5, 5.41) is 23.3. The summed E-state index contributed by atoms with van der Waals surface area (Å²) < 4.78 is 3.07. The van der Waals surface area contributed by atoms with Gasteiger partial charge in [-0.25, -0.2) is 0 Å². The van der Waals surface area contributed by atoms with Crippen molar-refractivity contribution < 1.29 is 9.72 Å². The average Bonchev–Trinajstić information content (AvgIpc) is 3.18. The lowest BCUT2D eigenvalue weighted by molar-refractivity contribution is -0.389. The van der Waals surface area contributed by atoms with Crippen LogP contribution in [0.25, 0.3) is 0 Å². The number of halogens is 2. The van der Waals surface area contributed by atoms with E-state index in [1.165, 1.54) is 10.7 Å². The van der Waals surface area contributed by atoms with Crippen LogP contribution < -0.4 is 5.32 Å². The molecular formula is C19H20Cl2N6O3. The molecule has 1 amide bonds. The summed E-state index contributed by atoms with van der Waals surface area (Å²) in [6.45, 7) is 7.33. The highest BCUT2D eigenvalue weighted by atomic mass is 35.5. The van der Waals surface area contributed by atoms with E-state index in [4.69, 9.17) is 23.2 Å². The number of aryl methyl sites for hydroxylation is 2. The molecular weight excluding hydrogens is 431 g/mol. The van der Waals surface area contributed by atoms with Crippen LogP contribution in [0.15, 0.2) is 24.3 Å². The number of hydrogen-bond donors (Lipinski definition) is 1. The van der Waals surface area contributed by atoms with Gasteiger partial charge in [-0.05, 0) is 50.3 Å². The minimum absolute atomic E-state index is 0.299. The monoisotopic (exact) mass is 450 g/mol. The number of benzene rings is 1. The number of nitro groups is 1. The molecule has 2 aromatic heterocycles.